The maximum atomic E-state index is 12.1. The van der Waals surface area contributed by atoms with E-state index in [1.165, 1.54) is 4.31 Å². The fourth-order valence-corrected chi connectivity index (χ4v) is 3.81. The summed E-state index contributed by atoms with van der Waals surface area (Å²) in [4.78, 5) is 12.1. The minimum absolute atomic E-state index is 0.164. The van der Waals surface area contributed by atoms with Crippen LogP contribution >= 0.6 is 23.2 Å². The minimum Gasteiger partial charge on any atom is -0.325 e. The summed E-state index contributed by atoms with van der Waals surface area (Å²) in [6, 6.07) is 12.0. The lowest BCUT2D eigenvalue weighted by atomic mass is 10.2. The van der Waals surface area contributed by atoms with Gasteiger partial charge < -0.3 is 5.32 Å². The van der Waals surface area contributed by atoms with Gasteiger partial charge in [-0.2, -0.15) is 0 Å². The van der Waals surface area contributed by atoms with Gasteiger partial charge in [0.2, 0.25) is 15.9 Å². The van der Waals surface area contributed by atoms with Crippen LogP contribution in [0.15, 0.2) is 42.5 Å². The molecule has 0 aliphatic carbocycles. The van der Waals surface area contributed by atoms with Crippen LogP contribution in [0.2, 0.25) is 10.0 Å². The van der Waals surface area contributed by atoms with E-state index in [1.807, 2.05) is 19.1 Å². The highest BCUT2D eigenvalue weighted by Gasteiger charge is 2.17. The maximum absolute atomic E-state index is 12.1. The smallest absolute Gasteiger partial charge is 0.232 e. The summed E-state index contributed by atoms with van der Waals surface area (Å²) >= 11 is 11.8. The Morgan fingerprint density at radius 2 is 1.77 bits per heavy atom. The van der Waals surface area contributed by atoms with Crippen molar-refractivity contribution < 1.29 is 13.2 Å². The molecule has 1 amide bonds. The lowest BCUT2D eigenvalue weighted by Crippen LogP contribution is -2.31. The first-order chi connectivity index (χ1) is 12.2. The Morgan fingerprint density at radius 3 is 2.35 bits per heavy atom. The van der Waals surface area contributed by atoms with Gasteiger partial charge in [-0.05, 0) is 43.7 Å². The second kappa shape index (κ2) is 8.75. The fourth-order valence-electron chi connectivity index (χ4n) is 2.38. The molecule has 0 spiro atoms. The van der Waals surface area contributed by atoms with E-state index < -0.39 is 10.0 Å². The normalized spacial score (nSPS) is 11.2. The largest absolute Gasteiger partial charge is 0.325 e. The highest BCUT2D eigenvalue weighted by molar-refractivity contribution is 7.92. The number of nitrogens with one attached hydrogen (secondary N) is 1. The molecule has 26 heavy (non-hydrogen) atoms. The van der Waals surface area contributed by atoms with E-state index in [0.29, 0.717) is 27.8 Å². The molecule has 0 unspecified atom stereocenters. The zero-order valence-corrected chi connectivity index (χ0v) is 16.8. The molecule has 0 fully saturated rings. The topological polar surface area (TPSA) is 66.5 Å². The van der Waals surface area contributed by atoms with Crippen molar-refractivity contribution in [2.45, 2.75) is 19.8 Å². The molecule has 2 aromatic carbocycles. The lowest BCUT2D eigenvalue weighted by molar-refractivity contribution is -0.116. The van der Waals surface area contributed by atoms with Crippen molar-refractivity contribution in [1.29, 1.82) is 0 Å². The van der Waals surface area contributed by atoms with Crippen molar-refractivity contribution in [3.63, 3.8) is 0 Å². The van der Waals surface area contributed by atoms with Gasteiger partial charge in [0.05, 0.1) is 22.7 Å². The third-order valence-corrected chi connectivity index (χ3v) is 5.43. The maximum Gasteiger partial charge on any atom is 0.232 e. The number of aryl methyl sites for hydroxylation is 1. The number of carbonyl (C=O) groups is 1. The van der Waals surface area contributed by atoms with Crippen molar-refractivity contribution in [3.05, 3.63) is 58.1 Å². The molecule has 0 radical (unpaired) electrons. The number of carbonyl (C=O) groups excluding carboxylic acids is 1. The first-order valence-corrected chi connectivity index (χ1v) is 10.6. The van der Waals surface area contributed by atoms with Crippen molar-refractivity contribution in [2.24, 2.45) is 0 Å². The Kier molecular flexibility index (Phi) is 6.92. The summed E-state index contributed by atoms with van der Waals surface area (Å²) in [6.07, 6.45) is 1.69. The van der Waals surface area contributed by atoms with Crippen molar-refractivity contribution >= 4 is 50.5 Å². The van der Waals surface area contributed by atoms with E-state index >= 15 is 0 Å². The van der Waals surface area contributed by atoms with Crippen LogP contribution in [0.4, 0.5) is 11.4 Å². The SMILES string of the molecule is Cc1ccc(N(CCCC(=O)Nc2ccc(Cl)cc2Cl)S(C)(=O)=O)cc1. The number of halogens is 2. The van der Waals surface area contributed by atoms with E-state index in [0.717, 1.165) is 11.8 Å². The monoisotopic (exact) mass is 414 g/mol. The first-order valence-electron chi connectivity index (χ1n) is 7.96. The van der Waals surface area contributed by atoms with Crippen molar-refractivity contribution in [1.82, 2.24) is 0 Å². The highest BCUT2D eigenvalue weighted by atomic mass is 35.5. The molecule has 0 aliphatic heterocycles. The molecule has 0 saturated carbocycles. The van der Waals surface area contributed by atoms with Gasteiger partial charge in [-0.3, -0.25) is 9.10 Å². The van der Waals surface area contributed by atoms with E-state index in [4.69, 9.17) is 23.2 Å². The van der Waals surface area contributed by atoms with Gasteiger partial charge in [0.15, 0.2) is 0 Å². The van der Waals surface area contributed by atoms with Gasteiger partial charge in [-0.1, -0.05) is 40.9 Å². The third kappa shape index (κ3) is 5.90. The molecule has 5 nitrogen and oxygen atoms in total. The molecule has 8 heteroatoms. The molecule has 0 heterocycles. The van der Waals surface area contributed by atoms with E-state index in [2.05, 4.69) is 5.32 Å². The molecule has 0 atom stereocenters. The Bertz CT molecular complexity index is 884. The van der Waals surface area contributed by atoms with Gasteiger partial charge in [-0.15, -0.1) is 0 Å². The van der Waals surface area contributed by atoms with Gasteiger partial charge in [0.25, 0.3) is 0 Å². The van der Waals surface area contributed by atoms with Gasteiger partial charge >= 0.3 is 0 Å². The van der Waals surface area contributed by atoms with Crippen LogP contribution in [-0.2, 0) is 14.8 Å². The summed E-state index contributed by atoms with van der Waals surface area (Å²) in [5.74, 6) is -0.244. The zero-order valence-electron chi connectivity index (χ0n) is 14.5. The predicted octanol–water partition coefficient (Wildman–Crippen LogP) is 4.49. The number of amides is 1. The summed E-state index contributed by atoms with van der Waals surface area (Å²) < 4.78 is 25.4. The molecule has 0 aromatic heterocycles. The predicted molar refractivity (Wildman–Crippen MR) is 108 cm³/mol. The molecule has 140 valence electrons. The molecular formula is C18H20Cl2N2O3S. The van der Waals surface area contributed by atoms with Crippen LogP contribution in [0.5, 0.6) is 0 Å². The highest BCUT2D eigenvalue weighted by Crippen LogP contribution is 2.25. The molecule has 0 saturated heterocycles. The third-order valence-electron chi connectivity index (χ3n) is 3.69. The number of hydrogen-bond acceptors (Lipinski definition) is 3. The van der Waals surface area contributed by atoms with Crippen molar-refractivity contribution in [2.75, 3.05) is 22.4 Å². The summed E-state index contributed by atoms with van der Waals surface area (Å²) in [5.41, 5.74) is 2.10. The molecule has 0 aliphatic rings. The minimum atomic E-state index is -3.43. The molecule has 2 rings (SSSR count). The number of anilines is 2. The average molecular weight is 415 g/mol. The Balaban J connectivity index is 1.96. The summed E-state index contributed by atoms with van der Waals surface area (Å²) in [7, 11) is -3.43. The lowest BCUT2D eigenvalue weighted by Gasteiger charge is -2.22. The second-order valence-electron chi connectivity index (χ2n) is 5.95. The summed E-state index contributed by atoms with van der Waals surface area (Å²) in [6.45, 7) is 2.14. The Hall–Kier alpha value is -1.76. The van der Waals surface area contributed by atoms with Crippen LogP contribution < -0.4 is 9.62 Å². The average Bonchev–Trinajstić information content (AvgIpc) is 2.54. The van der Waals surface area contributed by atoms with Gasteiger partial charge in [0.1, 0.15) is 0 Å². The molecule has 0 bridgehead atoms. The van der Waals surface area contributed by atoms with E-state index in [9.17, 15) is 13.2 Å². The van der Waals surface area contributed by atoms with Crippen LogP contribution in [-0.4, -0.2) is 27.1 Å². The number of nitrogens with zero attached hydrogens (tertiary/aromatic N) is 1. The van der Waals surface area contributed by atoms with Crippen LogP contribution in [0.1, 0.15) is 18.4 Å². The number of benzene rings is 2. The fraction of sp³-hybridized carbons (Fsp3) is 0.278. The Morgan fingerprint density at radius 1 is 1.12 bits per heavy atom. The second-order valence-corrected chi connectivity index (χ2v) is 8.70. The van der Waals surface area contributed by atoms with E-state index in [1.54, 1.807) is 30.3 Å². The first kappa shape index (κ1) is 20.6. The molecule has 2 aromatic rings. The quantitative estimate of drug-likeness (QED) is 0.725. The van der Waals surface area contributed by atoms with Crippen molar-refractivity contribution in [3.8, 4) is 0 Å². The van der Waals surface area contributed by atoms with Crippen LogP contribution in [0, 0.1) is 6.92 Å². The standard InChI is InChI=1S/C18H20Cl2N2O3S/c1-13-5-8-15(9-6-13)22(26(2,24)25)11-3-4-18(23)21-17-10-7-14(19)12-16(17)20/h5-10,12H,3-4,11H2,1-2H3,(H,21,23). The number of hydrogen-bond donors (Lipinski definition) is 1. The number of rotatable bonds is 7. The summed E-state index contributed by atoms with van der Waals surface area (Å²) in [5, 5.41) is 3.53. The van der Waals surface area contributed by atoms with Crippen LogP contribution in [0.3, 0.4) is 0 Å². The van der Waals surface area contributed by atoms with E-state index in [-0.39, 0.29) is 18.9 Å². The molecular weight excluding hydrogens is 395 g/mol. The van der Waals surface area contributed by atoms with Gasteiger partial charge in [0, 0.05) is 18.0 Å². The Labute approximate surface area is 164 Å². The zero-order chi connectivity index (χ0) is 19.3. The van der Waals surface area contributed by atoms with Crippen LogP contribution in [0.25, 0.3) is 0 Å². The van der Waals surface area contributed by atoms with Gasteiger partial charge in [-0.25, -0.2) is 8.42 Å². The molecule has 1 N–H and O–H groups in total. The number of sulfonamides is 1.